The minimum atomic E-state index is -4.02. The summed E-state index contributed by atoms with van der Waals surface area (Å²) in [5.74, 6) is -1.02. The number of hydrogen-bond donors (Lipinski definition) is 2. The first-order valence-corrected chi connectivity index (χ1v) is 13.0. The molecule has 1 fully saturated rings. The van der Waals surface area contributed by atoms with Crippen LogP contribution < -0.4 is 11.1 Å². The van der Waals surface area contributed by atoms with Gasteiger partial charge in [-0.25, -0.2) is 8.42 Å². The Morgan fingerprint density at radius 2 is 2.03 bits per heavy atom. The molecule has 10 nitrogen and oxygen atoms in total. The number of carbonyl (C=O) groups is 2. The molecular formula is C21H22ClN5O5S2. The lowest BCUT2D eigenvalue weighted by Gasteiger charge is -2.28. The highest BCUT2D eigenvalue weighted by Crippen LogP contribution is 2.34. The number of aryl methyl sites for hydroxylation is 1. The average Bonchev–Trinajstić information content (AvgIpc) is 3.57. The van der Waals surface area contributed by atoms with Crippen LogP contribution in [-0.2, 0) is 14.8 Å². The van der Waals surface area contributed by atoms with Crippen molar-refractivity contribution in [2.24, 2.45) is 5.73 Å². The lowest BCUT2D eigenvalue weighted by Crippen LogP contribution is -2.54. The second kappa shape index (κ2) is 9.84. The summed E-state index contributed by atoms with van der Waals surface area (Å²) >= 11 is 7.35. The SMILES string of the molecule is Cc1onc(-c2ccccc2Cl)c1C(=O)N1CCN(S(=O)(=O)c2cccs2)C1C(=O)NCCN. The van der Waals surface area contributed by atoms with Crippen LogP contribution in [0.15, 0.2) is 50.5 Å². The Hall–Kier alpha value is -2.77. The van der Waals surface area contributed by atoms with Gasteiger partial charge >= 0.3 is 0 Å². The van der Waals surface area contributed by atoms with E-state index in [1.165, 1.54) is 11.0 Å². The molecule has 180 valence electrons. The fourth-order valence-corrected chi connectivity index (χ4v) is 6.65. The van der Waals surface area contributed by atoms with Crippen LogP contribution in [0.3, 0.4) is 0 Å². The van der Waals surface area contributed by atoms with Crippen molar-refractivity contribution in [2.75, 3.05) is 26.2 Å². The molecule has 2 aromatic heterocycles. The zero-order valence-corrected chi connectivity index (χ0v) is 20.5. The van der Waals surface area contributed by atoms with E-state index in [0.29, 0.717) is 10.6 Å². The number of nitrogens with one attached hydrogen (secondary N) is 1. The number of halogens is 1. The van der Waals surface area contributed by atoms with Gasteiger partial charge in [-0.3, -0.25) is 9.59 Å². The van der Waals surface area contributed by atoms with E-state index in [4.69, 9.17) is 21.9 Å². The van der Waals surface area contributed by atoms with E-state index in [1.54, 1.807) is 42.6 Å². The van der Waals surface area contributed by atoms with Gasteiger partial charge in [-0.2, -0.15) is 4.31 Å². The van der Waals surface area contributed by atoms with Gasteiger partial charge < -0.3 is 20.5 Å². The maximum Gasteiger partial charge on any atom is 0.261 e. The molecule has 0 aliphatic carbocycles. The van der Waals surface area contributed by atoms with E-state index in [0.717, 1.165) is 15.6 Å². The second-order valence-corrected chi connectivity index (χ2v) is 10.9. The zero-order chi connectivity index (χ0) is 24.5. The van der Waals surface area contributed by atoms with Crippen molar-refractivity contribution in [3.63, 3.8) is 0 Å². The van der Waals surface area contributed by atoms with Crippen molar-refractivity contribution in [2.45, 2.75) is 17.3 Å². The molecule has 1 aliphatic heterocycles. The van der Waals surface area contributed by atoms with Gasteiger partial charge in [0.25, 0.3) is 21.8 Å². The first-order chi connectivity index (χ1) is 16.3. The molecular weight excluding hydrogens is 502 g/mol. The molecule has 0 saturated carbocycles. The van der Waals surface area contributed by atoms with Crippen LogP contribution in [0, 0.1) is 6.92 Å². The van der Waals surface area contributed by atoms with Crippen LogP contribution in [0.1, 0.15) is 16.1 Å². The molecule has 4 rings (SSSR count). The van der Waals surface area contributed by atoms with Crippen LogP contribution >= 0.6 is 22.9 Å². The van der Waals surface area contributed by atoms with E-state index >= 15 is 0 Å². The van der Waals surface area contributed by atoms with Crippen molar-refractivity contribution in [3.8, 4) is 11.3 Å². The number of hydrogen-bond acceptors (Lipinski definition) is 8. The Morgan fingerprint density at radius 1 is 1.26 bits per heavy atom. The van der Waals surface area contributed by atoms with E-state index in [2.05, 4.69) is 10.5 Å². The third-order valence-corrected chi connectivity index (χ3v) is 8.89. The van der Waals surface area contributed by atoms with Crippen LogP contribution in [0.5, 0.6) is 0 Å². The Balaban J connectivity index is 1.75. The summed E-state index contributed by atoms with van der Waals surface area (Å²) in [7, 11) is -4.02. The maximum absolute atomic E-state index is 13.7. The standard InChI is InChI=1S/C21H22ClN5O5S2/c1-13-17(18(25-32-13)14-5-2-3-6-15(14)22)21(29)26-10-11-27(20(26)19(28)24-9-8-23)34(30,31)16-7-4-12-33-16/h2-7,12,20H,8-11,23H2,1H3,(H,24,28). The number of benzene rings is 1. The quantitative estimate of drug-likeness (QED) is 0.482. The van der Waals surface area contributed by atoms with Gasteiger partial charge in [0.05, 0.1) is 5.02 Å². The molecule has 0 radical (unpaired) electrons. The maximum atomic E-state index is 13.7. The molecule has 3 N–H and O–H groups in total. The van der Waals surface area contributed by atoms with E-state index < -0.39 is 28.0 Å². The fraction of sp³-hybridized carbons (Fsp3) is 0.286. The predicted molar refractivity (Wildman–Crippen MR) is 127 cm³/mol. The molecule has 34 heavy (non-hydrogen) atoms. The average molecular weight is 524 g/mol. The van der Waals surface area contributed by atoms with Gasteiger partial charge in [0, 0.05) is 31.7 Å². The molecule has 0 bridgehead atoms. The van der Waals surface area contributed by atoms with E-state index in [9.17, 15) is 18.0 Å². The normalized spacial score (nSPS) is 16.7. The van der Waals surface area contributed by atoms with Crippen LogP contribution in [0.25, 0.3) is 11.3 Å². The van der Waals surface area contributed by atoms with Crippen molar-refractivity contribution in [1.29, 1.82) is 0 Å². The molecule has 3 aromatic rings. The largest absolute Gasteiger partial charge is 0.360 e. The van der Waals surface area contributed by atoms with Crippen molar-refractivity contribution in [3.05, 3.63) is 58.1 Å². The number of nitrogens with two attached hydrogens (primary N) is 1. The highest BCUT2D eigenvalue weighted by Gasteiger charge is 2.47. The Bertz CT molecular complexity index is 1310. The summed E-state index contributed by atoms with van der Waals surface area (Å²) in [4.78, 5) is 28.0. The van der Waals surface area contributed by atoms with Crippen LogP contribution in [0.4, 0.5) is 0 Å². The first-order valence-electron chi connectivity index (χ1n) is 10.3. The molecule has 1 atom stereocenters. The number of amides is 2. The highest BCUT2D eigenvalue weighted by atomic mass is 35.5. The molecule has 1 unspecified atom stereocenters. The molecule has 13 heteroatoms. The summed E-state index contributed by atoms with van der Waals surface area (Å²) < 4.78 is 33.0. The molecule has 2 amide bonds. The molecule has 3 heterocycles. The molecule has 1 aromatic carbocycles. The summed E-state index contributed by atoms with van der Waals surface area (Å²) in [6.07, 6.45) is -1.40. The minimum absolute atomic E-state index is 0.00324. The first kappa shape index (κ1) is 24.4. The Morgan fingerprint density at radius 3 is 2.71 bits per heavy atom. The van der Waals surface area contributed by atoms with Crippen LogP contribution in [0.2, 0.25) is 5.02 Å². The van der Waals surface area contributed by atoms with Crippen molar-refractivity contribution >= 4 is 44.8 Å². The monoisotopic (exact) mass is 523 g/mol. The lowest BCUT2D eigenvalue weighted by molar-refractivity contribution is -0.127. The van der Waals surface area contributed by atoms with E-state index in [1.807, 2.05) is 0 Å². The molecule has 1 saturated heterocycles. The van der Waals surface area contributed by atoms with Gasteiger partial charge in [-0.05, 0) is 24.4 Å². The topological polar surface area (TPSA) is 139 Å². The Kier molecular flexibility index (Phi) is 7.05. The summed E-state index contributed by atoms with van der Waals surface area (Å²) in [5, 5.41) is 8.61. The van der Waals surface area contributed by atoms with Crippen LogP contribution in [-0.4, -0.2) is 66.9 Å². The smallest absolute Gasteiger partial charge is 0.261 e. The number of nitrogens with zero attached hydrogens (tertiary/aromatic N) is 3. The third-order valence-electron chi connectivity index (χ3n) is 5.33. The van der Waals surface area contributed by atoms with Gasteiger partial charge in [0.1, 0.15) is 21.2 Å². The number of sulfonamides is 1. The van der Waals surface area contributed by atoms with Gasteiger partial charge in [-0.1, -0.05) is 41.0 Å². The minimum Gasteiger partial charge on any atom is -0.360 e. The predicted octanol–water partition coefficient (Wildman–Crippen LogP) is 1.91. The number of rotatable bonds is 7. The second-order valence-electron chi connectivity index (χ2n) is 7.44. The Labute approximate surface area is 205 Å². The number of carbonyl (C=O) groups excluding carboxylic acids is 2. The summed E-state index contributed by atoms with van der Waals surface area (Å²) in [6.45, 7) is 1.79. The number of aromatic nitrogens is 1. The lowest BCUT2D eigenvalue weighted by atomic mass is 10.0. The van der Waals surface area contributed by atoms with E-state index in [-0.39, 0.29) is 47.4 Å². The third kappa shape index (κ3) is 4.34. The van der Waals surface area contributed by atoms with Crippen molar-refractivity contribution in [1.82, 2.24) is 19.7 Å². The molecule has 0 spiro atoms. The fourth-order valence-electron chi connectivity index (χ4n) is 3.76. The van der Waals surface area contributed by atoms with Gasteiger partial charge in [0.2, 0.25) is 0 Å². The zero-order valence-electron chi connectivity index (χ0n) is 18.1. The van der Waals surface area contributed by atoms with Gasteiger partial charge in [-0.15, -0.1) is 11.3 Å². The summed E-state index contributed by atoms with van der Waals surface area (Å²) in [5.41, 5.74) is 6.31. The summed E-state index contributed by atoms with van der Waals surface area (Å²) in [6, 6.07) is 9.90. The number of thiophene rings is 1. The van der Waals surface area contributed by atoms with Gasteiger partial charge in [0.15, 0.2) is 6.17 Å². The van der Waals surface area contributed by atoms with Crippen molar-refractivity contribution < 1.29 is 22.5 Å². The molecule has 1 aliphatic rings. The highest BCUT2D eigenvalue weighted by molar-refractivity contribution is 7.91.